The van der Waals surface area contributed by atoms with E-state index < -0.39 is 5.97 Å². The predicted molar refractivity (Wildman–Crippen MR) is 159 cm³/mol. The van der Waals surface area contributed by atoms with Crippen molar-refractivity contribution in [2.75, 3.05) is 44.8 Å². The first kappa shape index (κ1) is 29.0. The zero-order valence-corrected chi connectivity index (χ0v) is 24.8. The molecule has 0 radical (unpaired) electrons. The number of likely N-dealkylation sites (tertiary alicyclic amines) is 1. The topological polar surface area (TPSA) is 105 Å². The highest BCUT2D eigenvalue weighted by molar-refractivity contribution is 7.18. The van der Waals surface area contributed by atoms with Crippen molar-refractivity contribution >= 4 is 28.3 Å². The molecule has 5 rings (SSSR count). The SMILES string of the molecule is COc1cccc(C(=O)N(CC2CC2)c2nnc(-c3cc(C)c(OCCN4CCC(CC(=O)O)CC4)c(C)c3)s2)c1. The van der Waals surface area contributed by atoms with Gasteiger partial charge >= 0.3 is 5.97 Å². The lowest BCUT2D eigenvalue weighted by Crippen LogP contribution is -2.37. The van der Waals surface area contributed by atoms with Crippen LogP contribution in [-0.2, 0) is 4.79 Å². The molecule has 1 N–H and O–H groups in total. The Morgan fingerprint density at radius 2 is 1.78 bits per heavy atom. The number of amides is 1. The molecule has 3 aromatic rings. The number of methoxy groups -OCH3 is 1. The molecule has 2 fully saturated rings. The molecule has 1 aliphatic carbocycles. The second kappa shape index (κ2) is 13.0. The summed E-state index contributed by atoms with van der Waals surface area (Å²) in [6, 6.07) is 11.4. The van der Waals surface area contributed by atoms with Crippen molar-refractivity contribution in [3.05, 3.63) is 53.1 Å². The Morgan fingerprint density at radius 1 is 1.05 bits per heavy atom. The molecule has 1 saturated heterocycles. The smallest absolute Gasteiger partial charge is 0.303 e. The molecule has 2 aliphatic rings. The number of carbonyl (C=O) groups excluding carboxylic acids is 1. The van der Waals surface area contributed by atoms with Crippen LogP contribution in [0.4, 0.5) is 5.13 Å². The summed E-state index contributed by atoms with van der Waals surface area (Å²) >= 11 is 1.43. The molecule has 2 heterocycles. The third kappa shape index (κ3) is 7.42. The van der Waals surface area contributed by atoms with Gasteiger partial charge < -0.3 is 14.6 Å². The molecule has 41 heavy (non-hydrogen) atoms. The summed E-state index contributed by atoms with van der Waals surface area (Å²) in [6.07, 6.45) is 4.35. The van der Waals surface area contributed by atoms with Crippen LogP contribution in [0, 0.1) is 25.7 Å². The van der Waals surface area contributed by atoms with E-state index in [1.165, 1.54) is 11.3 Å². The number of aromatic nitrogens is 2. The zero-order valence-electron chi connectivity index (χ0n) is 24.0. The van der Waals surface area contributed by atoms with Crippen molar-refractivity contribution in [2.45, 2.75) is 46.0 Å². The van der Waals surface area contributed by atoms with Crippen LogP contribution in [0.5, 0.6) is 11.5 Å². The second-order valence-corrected chi connectivity index (χ2v) is 12.1. The average molecular weight is 579 g/mol. The lowest BCUT2D eigenvalue weighted by molar-refractivity contribution is -0.138. The molecule has 0 bridgehead atoms. The van der Waals surface area contributed by atoms with Crippen molar-refractivity contribution in [3.8, 4) is 22.1 Å². The molecule has 1 saturated carbocycles. The van der Waals surface area contributed by atoms with Crippen molar-refractivity contribution in [1.29, 1.82) is 0 Å². The van der Waals surface area contributed by atoms with Crippen LogP contribution in [0.2, 0.25) is 0 Å². The Hall–Kier alpha value is -3.50. The molecule has 9 nitrogen and oxygen atoms in total. The summed E-state index contributed by atoms with van der Waals surface area (Å²) in [6.45, 7) is 7.93. The first-order valence-electron chi connectivity index (χ1n) is 14.3. The van der Waals surface area contributed by atoms with Crippen LogP contribution in [0.3, 0.4) is 0 Å². The average Bonchev–Trinajstić information content (AvgIpc) is 3.66. The van der Waals surface area contributed by atoms with Crippen LogP contribution >= 0.6 is 11.3 Å². The zero-order chi connectivity index (χ0) is 28.9. The number of hydrogen-bond donors (Lipinski definition) is 1. The highest BCUT2D eigenvalue weighted by Crippen LogP contribution is 2.37. The molecular weight excluding hydrogens is 540 g/mol. The first-order valence-corrected chi connectivity index (χ1v) is 15.1. The summed E-state index contributed by atoms with van der Waals surface area (Å²) in [7, 11) is 1.60. The summed E-state index contributed by atoms with van der Waals surface area (Å²) < 4.78 is 11.5. The van der Waals surface area contributed by atoms with E-state index in [0.29, 0.717) is 35.5 Å². The molecule has 1 aromatic heterocycles. The van der Waals surface area contributed by atoms with Crippen molar-refractivity contribution in [2.24, 2.45) is 11.8 Å². The second-order valence-electron chi connectivity index (χ2n) is 11.2. The molecule has 0 atom stereocenters. The number of carbonyl (C=O) groups is 2. The fourth-order valence-corrected chi connectivity index (χ4v) is 6.24. The molecule has 0 unspecified atom stereocenters. The third-order valence-corrected chi connectivity index (χ3v) is 8.87. The van der Waals surface area contributed by atoms with Gasteiger partial charge in [0.1, 0.15) is 23.1 Å². The van der Waals surface area contributed by atoms with E-state index in [1.54, 1.807) is 24.1 Å². The Kier molecular flexibility index (Phi) is 9.19. The molecule has 0 spiro atoms. The number of piperidine rings is 1. The van der Waals surface area contributed by atoms with Crippen LogP contribution in [-0.4, -0.2) is 72.0 Å². The molecule has 10 heteroatoms. The molecule has 1 aliphatic heterocycles. The van der Waals surface area contributed by atoms with Gasteiger partial charge in [-0.3, -0.25) is 19.4 Å². The Labute approximate surface area is 245 Å². The van der Waals surface area contributed by atoms with E-state index in [1.807, 2.05) is 26.0 Å². The summed E-state index contributed by atoms with van der Waals surface area (Å²) in [5.74, 6) is 1.50. The number of aryl methyl sites for hydroxylation is 2. The summed E-state index contributed by atoms with van der Waals surface area (Å²) in [4.78, 5) is 28.6. The maximum Gasteiger partial charge on any atom is 0.303 e. The lowest BCUT2D eigenvalue weighted by atomic mass is 9.94. The first-order chi connectivity index (χ1) is 19.8. The number of benzene rings is 2. The number of anilines is 1. The van der Waals surface area contributed by atoms with Crippen LogP contribution in [0.15, 0.2) is 36.4 Å². The number of nitrogens with zero attached hydrogens (tertiary/aromatic N) is 4. The molecule has 1 amide bonds. The summed E-state index contributed by atoms with van der Waals surface area (Å²) in [5, 5.41) is 19.3. The van der Waals surface area contributed by atoms with E-state index in [0.717, 1.165) is 72.8 Å². The Balaban J connectivity index is 1.24. The van der Waals surface area contributed by atoms with Gasteiger partial charge in [-0.1, -0.05) is 17.4 Å². The molecule has 2 aromatic carbocycles. The van der Waals surface area contributed by atoms with E-state index in [4.69, 9.17) is 14.6 Å². The maximum atomic E-state index is 13.5. The van der Waals surface area contributed by atoms with Crippen LogP contribution in [0.25, 0.3) is 10.6 Å². The molecule has 218 valence electrons. The fourth-order valence-electron chi connectivity index (χ4n) is 5.40. The number of hydrogen-bond acceptors (Lipinski definition) is 8. The van der Waals surface area contributed by atoms with E-state index in [9.17, 15) is 9.59 Å². The van der Waals surface area contributed by atoms with Gasteiger partial charge in [-0.05, 0) is 106 Å². The highest BCUT2D eigenvalue weighted by atomic mass is 32.1. The quantitative estimate of drug-likeness (QED) is 0.302. The van der Waals surface area contributed by atoms with Crippen molar-refractivity contribution < 1.29 is 24.2 Å². The number of ether oxygens (including phenoxy) is 2. The van der Waals surface area contributed by atoms with Gasteiger partial charge in [-0.25, -0.2) is 0 Å². The normalized spacial score (nSPS) is 16.0. The number of carboxylic acid groups (broad SMARTS) is 1. The van der Waals surface area contributed by atoms with Crippen molar-refractivity contribution in [1.82, 2.24) is 15.1 Å². The van der Waals surface area contributed by atoms with E-state index in [2.05, 4.69) is 27.2 Å². The predicted octanol–water partition coefficient (Wildman–Crippen LogP) is 5.45. The summed E-state index contributed by atoms with van der Waals surface area (Å²) in [5.41, 5.74) is 3.58. The standard InChI is InChI=1S/C31H38N4O5S/c1-20-15-25(16-21(2)28(20)40-14-13-34-11-9-22(10-12-34)17-27(36)37)29-32-33-31(41-29)35(19-23-7-8-23)30(38)24-5-4-6-26(18-24)39-3/h4-6,15-16,18,22-23H,7-14,17,19H2,1-3H3,(H,36,37). The Bertz CT molecular complexity index is 1360. The van der Waals surface area contributed by atoms with Crippen LogP contribution in [0.1, 0.15) is 53.6 Å². The van der Waals surface area contributed by atoms with Gasteiger partial charge in [-0.2, -0.15) is 0 Å². The van der Waals surface area contributed by atoms with Gasteiger partial charge in [0, 0.05) is 30.6 Å². The van der Waals surface area contributed by atoms with Gasteiger partial charge in [0.25, 0.3) is 5.91 Å². The number of carboxylic acids is 1. The minimum Gasteiger partial charge on any atom is -0.497 e. The molecular formula is C31H38N4O5S. The van der Waals surface area contributed by atoms with Gasteiger partial charge in [0.2, 0.25) is 5.13 Å². The van der Waals surface area contributed by atoms with Gasteiger partial charge in [-0.15, -0.1) is 10.2 Å². The maximum absolute atomic E-state index is 13.5. The van der Waals surface area contributed by atoms with Crippen LogP contribution < -0.4 is 14.4 Å². The van der Waals surface area contributed by atoms with E-state index >= 15 is 0 Å². The monoisotopic (exact) mass is 578 g/mol. The number of aliphatic carboxylic acids is 1. The highest BCUT2D eigenvalue weighted by Gasteiger charge is 2.30. The van der Waals surface area contributed by atoms with Gasteiger partial charge in [0.15, 0.2) is 0 Å². The third-order valence-electron chi connectivity index (χ3n) is 7.88. The fraction of sp³-hybridized carbons (Fsp3) is 0.484. The minimum atomic E-state index is -0.705. The largest absolute Gasteiger partial charge is 0.497 e. The Morgan fingerprint density at radius 3 is 2.44 bits per heavy atom. The van der Waals surface area contributed by atoms with Gasteiger partial charge in [0.05, 0.1) is 7.11 Å². The van der Waals surface area contributed by atoms with Crippen molar-refractivity contribution in [3.63, 3.8) is 0 Å². The van der Waals surface area contributed by atoms with E-state index in [-0.39, 0.29) is 18.2 Å². The number of rotatable bonds is 12. The minimum absolute atomic E-state index is 0.0966. The lowest BCUT2D eigenvalue weighted by Gasteiger charge is -2.31.